The maximum Gasteiger partial charge on any atom is 0.0766 e. The summed E-state index contributed by atoms with van der Waals surface area (Å²) in [4.78, 5) is 0. The quantitative estimate of drug-likeness (QED) is 0.873. The van der Waals surface area contributed by atoms with Crippen molar-refractivity contribution < 1.29 is 0 Å². The highest BCUT2D eigenvalue weighted by atomic mass is 79.9. The number of benzene rings is 1. The van der Waals surface area contributed by atoms with Gasteiger partial charge in [-0.3, -0.25) is 4.68 Å². The summed E-state index contributed by atoms with van der Waals surface area (Å²) in [6.45, 7) is 2.14. The molecular weight excluding hydrogens is 314 g/mol. The van der Waals surface area contributed by atoms with Gasteiger partial charge in [0.05, 0.1) is 15.9 Å². The van der Waals surface area contributed by atoms with Gasteiger partial charge in [0.2, 0.25) is 0 Å². The fraction of sp³-hybridized carbons (Fsp3) is 0.438. The predicted octanol–water partition coefficient (Wildman–Crippen LogP) is 3.64. The number of nitrogens with one attached hydrogen (secondary N) is 1. The average Bonchev–Trinajstić information content (AvgIpc) is 2.76. The van der Waals surface area contributed by atoms with Crippen LogP contribution in [0.2, 0.25) is 0 Å². The van der Waals surface area contributed by atoms with Gasteiger partial charge >= 0.3 is 0 Å². The van der Waals surface area contributed by atoms with Crippen LogP contribution in [-0.2, 0) is 19.9 Å². The molecule has 1 atom stereocenters. The lowest BCUT2D eigenvalue weighted by atomic mass is 10.0. The van der Waals surface area contributed by atoms with Crippen molar-refractivity contribution in [2.24, 2.45) is 7.05 Å². The molecule has 0 aliphatic carbocycles. The molecule has 0 saturated carbocycles. The summed E-state index contributed by atoms with van der Waals surface area (Å²) in [6, 6.07) is 11.0. The molecule has 0 spiro atoms. The zero-order valence-corrected chi connectivity index (χ0v) is 13.9. The van der Waals surface area contributed by atoms with Crippen LogP contribution in [0.3, 0.4) is 0 Å². The van der Waals surface area contributed by atoms with Crippen LogP contribution in [0, 0.1) is 0 Å². The highest BCUT2D eigenvalue weighted by Gasteiger charge is 2.15. The molecule has 3 nitrogen and oxygen atoms in total. The van der Waals surface area contributed by atoms with E-state index in [1.165, 1.54) is 15.7 Å². The Labute approximate surface area is 129 Å². The van der Waals surface area contributed by atoms with E-state index in [4.69, 9.17) is 0 Å². The number of aromatic nitrogens is 2. The smallest absolute Gasteiger partial charge is 0.0766 e. The number of hydrogen-bond donors (Lipinski definition) is 1. The first-order valence-corrected chi connectivity index (χ1v) is 7.89. The third-order valence-corrected chi connectivity index (χ3v) is 4.64. The van der Waals surface area contributed by atoms with E-state index < -0.39 is 0 Å². The largest absolute Gasteiger partial charge is 0.313 e. The van der Waals surface area contributed by atoms with Crippen LogP contribution in [0.1, 0.15) is 36.3 Å². The maximum absolute atomic E-state index is 4.55. The molecule has 0 aliphatic rings. The minimum Gasteiger partial charge on any atom is -0.313 e. The lowest BCUT2D eigenvalue weighted by Gasteiger charge is -2.16. The molecule has 0 radical (unpaired) electrons. The highest BCUT2D eigenvalue weighted by Crippen LogP contribution is 2.25. The lowest BCUT2D eigenvalue weighted by Crippen LogP contribution is -2.17. The first-order chi connectivity index (χ1) is 9.67. The molecule has 1 N–H and O–H groups in total. The molecule has 0 bridgehead atoms. The molecule has 1 heterocycles. The Morgan fingerprint density at radius 1 is 1.30 bits per heavy atom. The fourth-order valence-electron chi connectivity index (χ4n) is 2.54. The minimum absolute atomic E-state index is 0.378. The normalized spacial score (nSPS) is 12.6. The Balaban J connectivity index is 2.09. The molecule has 1 aromatic carbocycles. The number of halogens is 1. The van der Waals surface area contributed by atoms with E-state index >= 15 is 0 Å². The first kappa shape index (κ1) is 15.3. The van der Waals surface area contributed by atoms with Crippen molar-refractivity contribution in [3.8, 4) is 0 Å². The van der Waals surface area contributed by atoms with Crippen molar-refractivity contribution in [2.45, 2.75) is 32.2 Å². The molecule has 108 valence electrons. The maximum atomic E-state index is 4.55. The van der Waals surface area contributed by atoms with Crippen molar-refractivity contribution in [1.29, 1.82) is 0 Å². The van der Waals surface area contributed by atoms with E-state index in [2.05, 4.69) is 63.6 Å². The van der Waals surface area contributed by atoms with E-state index in [0.29, 0.717) is 6.04 Å². The van der Waals surface area contributed by atoms with Crippen molar-refractivity contribution in [2.75, 3.05) is 7.05 Å². The zero-order valence-electron chi connectivity index (χ0n) is 12.4. The van der Waals surface area contributed by atoms with Gasteiger partial charge < -0.3 is 5.32 Å². The molecule has 2 aromatic rings. The standard InChI is InChI=1S/C16H22BrN3/c1-4-13-16(17)15(20(3)19-13)11-10-14(18-2)12-8-6-5-7-9-12/h5-9,14,18H,4,10-11H2,1-3H3. The Morgan fingerprint density at radius 3 is 2.55 bits per heavy atom. The summed E-state index contributed by atoms with van der Waals surface area (Å²) in [7, 11) is 4.05. The van der Waals surface area contributed by atoms with Crippen LogP contribution in [0.5, 0.6) is 0 Å². The van der Waals surface area contributed by atoms with Crippen molar-refractivity contribution in [3.05, 3.63) is 51.8 Å². The Bertz CT molecular complexity index is 548. The van der Waals surface area contributed by atoms with Gasteiger partial charge in [-0.25, -0.2) is 0 Å². The van der Waals surface area contributed by atoms with Crippen molar-refractivity contribution >= 4 is 15.9 Å². The van der Waals surface area contributed by atoms with Gasteiger partial charge in [-0.15, -0.1) is 0 Å². The van der Waals surface area contributed by atoms with Crippen LogP contribution in [-0.4, -0.2) is 16.8 Å². The van der Waals surface area contributed by atoms with Crippen LogP contribution < -0.4 is 5.32 Å². The predicted molar refractivity (Wildman–Crippen MR) is 86.8 cm³/mol. The third-order valence-electron chi connectivity index (χ3n) is 3.72. The fourth-order valence-corrected chi connectivity index (χ4v) is 3.35. The van der Waals surface area contributed by atoms with Crippen LogP contribution in [0.25, 0.3) is 0 Å². The number of aryl methyl sites for hydroxylation is 2. The van der Waals surface area contributed by atoms with Crippen LogP contribution in [0.4, 0.5) is 0 Å². The Morgan fingerprint density at radius 2 is 2.00 bits per heavy atom. The molecule has 1 aromatic heterocycles. The van der Waals surface area contributed by atoms with Gasteiger partial charge in [0.1, 0.15) is 0 Å². The van der Waals surface area contributed by atoms with E-state index in [-0.39, 0.29) is 0 Å². The second-order valence-corrected chi connectivity index (χ2v) is 5.77. The number of rotatable bonds is 6. The molecule has 1 unspecified atom stereocenters. The van der Waals surface area contributed by atoms with Gasteiger partial charge in [0.25, 0.3) is 0 Å². The molecule has 0 aliphatic heterocycles. The molecule has 0 amide bonds. The van der Waals surface area contributed by atoms with E-state index in [1.54, 1.807) is 0 Å². The van der Waals surface area contributed by atoms with E-state index in [9.17, 15) is 0 Å². The van der Waals surface area contributed by atoms with Gasteiger partial charge in [-0.05, 0) is 47.8 Å². The van der Waals surface area contributed by atoms with Gasteiger partial charge in [-0.1, -0.05) is 37.3 Å². The second-order valence-electron chi connectivity index (χ2n) is 4.98. The summed E-state index contributed by atoms with van der Waals surface area (Å²) in [5.41, 5.74) is 3.75. The SMILES string of the molecule is CCc1nn(C)c(CCC(NC)c2ccccc2)c1Br. The monoisotopic (exact) mass is 335 g/mol. The second kappa shape index (κ2) is 7.04. The van der Waals surface area contributed by atoms with Gasteiger partial charge in [0, 0.05) is 13.1 Å². The molecule has 0 saturated heterocycles. The van der Waals surface area contributed by atoms with Gasteiger partial charge in [-0.2, -0.15) is 5.10 Å². The summed E-state index contributed by atoms with van der Waals surface area (Å²) in [5, 5.41) is 7.96. The minimum atomic E-state index is 0.378. The summed E-state index contributed by atoms with van der Waals surface area (Å²) < 4.78 is 3.17. The molecule has 20 heavy (non-hydrogen) atoms. The van der Waals surface area contributed by atoms with Crippen molar-refractivity contribution in [3.63, 3.8) is 0 Å². The topological polar surface area (TPSA) is 29.9 Å². The third kappa shape index (κ3) is 3.30. The Hall–Kier alpha value is -1.13. The molecule has 4 heteroatoms. The molecule has 0 fully saturated rings. The Kier molecular flexibility index (Phi) is 5.38. The van der Waals surface area contributed by atoms with E-state index in [1.807, 2.05) is 18.8 Å². The van der Waals surface area contributed by atoms with Crippen molar-refractivity contribution in [1.82, 2.24) is 15.1 Å². The molecular formula is C16H22BrN3. The van der Waals surface area contributed by atoms with Gasteiger partial charge in [0.15, 0.2) is 0 Å². The number of hydrogen-bond acceptors (Lipinski definition) is 2. The lowest BCUT2D eigenvalue weighted by molar-refractivity contribution is 0.535. The summed E-state index contributed by atoms with van der Waals surface area (Å²) >= 11 is 3.69. The number of nitrogens with zero attached hydrogens (tertiary/aromatic N) is 2. The van der Waals surface area contributed by atoms with E-state index in [0.717, 1.165) is 25.0 Å². The zero-order chi connectivity index (χ0) is 14.5. The highest BCUT2D eigenvalue weighted by molar-refractivity contribution is 9.10. The summed E-state index contributed by atoms with van der Waals surface area (Å²) in [6.07, 6.45) is 3.02. The average molecular weight is 336 g/mol. The first-order valence-electron chi connectivity index (χ1n) is 7.09. The van der Waals surface area contributed by atoms with Crippen LogP contribution in [0.15, 0.2) is 34.8 Å². The molecule has 2 rings (SSSR count). The van der Waals surface area contributed by atoms with Crippen LogP contribution >= 0.6 is 15.9 Å². The summed E-state index contributed by atoms with van der Waals surface area (Å²) in [5.74, 6) is 0.